The Morgan fingerprint density at radius 2 is 2.05 bits per heavy atom. The lowest BCUT2D eigenvalue weighted by Crippen LogP contribution is -2.43. The van der Waals surface area contributed by atoms with Crippen LogP contribution in [0, 0.1) is 5.92 Å². The Morgan fingerprint density at radius 1 is 1.38 bits per heavy atom. The van der Waals surface area contributed by atoms with E-state index in [1.807, 2.05) is 6.07 Å². The lowest BCUT2D eigenvalue weighted by atomic mass is 9.72. The SMILES string of the molecule is C=C(C)CC1c2c(O)cc(CCC)cc2OC(C)(C)C1C. The molecule has 0 aromatic heterocycles. The van der Waals surface area contributed by atoms with Crippen LogP contribution in [0.5, 0.6) is 11.5 Å². The summed E-state index contributed by atoms with van der Waals surface area (Å²) >= 11 is 0. The first-order valence-electron chi connectivity index (χ1n) is 7.95. The highest BCUT2D eigenvalue weighted by Gasteiger charge is 2.42. The number of fused-ring (bicyclic) bond motifs is 1. The Bertz CT molecular complexity index is 543. The number of aromatic hydroxyl groups is 1. The van der Waals surface area contributed by atoms with Gasteiger partial charge in [-0.25, -0.2) is 0 Å². The first-order valence-corrected chi connectivity index (χ1v) is 7.95. The number of hydrogen-bond acceptors (Lipinski definition) is 2. The molecule has 1 aliphatic heterocycles. The van der Waals surface area contributed by atoms with E-state index < -0.39 is 0 Å². The molecule has 2 nitrogen and oxygen atoms in total. The molecule has 1 N–H and O–H groups in total. The third kappa shape index (κ3) is 3.09. The van der Waals surface area contributed by atoms with E-state index in [0.717, 1.165) is 41.7 Å². The minimum atomic E-state index is -0.232. The van der Waals surface area contributed by atoms with Crippen molar-refractivity contribution in [3.8, 4) is 11.5 Å². The fraction of sp³-hybridized carbons (Fsp3) is 0.579. The normalized spacial score (nSPS) is 23.3. The van der Waals surface area contributed by atoms with E-state index >= 15 is 0 Å². The van der Waals surface area contributed by atoms with E-state index in [1.54, 1.807) is 0 Å². The maximum absolute atomic E-state index is 10.5. The summed E-state index contributed by atoms with van der Waals surface area (Å²) in [7, 11) is 0. The molecule has 1 aliphatic rings. The molecule has 116 valence electrons. The van der Waals surface area contributed by atoms with Crippen LogP contribution < -0.4 is 4.74 Å². The largest absolute Gasteiger partial charge is 0.508 e. The van der Waals surface area contributed by atoms with Gasteiger partial charge >= 0.3 is 0 Å². The zero-order valence-corrected chi connectivity index (χ0v) is 14.0. The predicted molar refractivity (Wildman–Crippen MR) is 88.1 cm³/mol. The van der Waals surface area contributed by atoms with E-state index in [4.69, 9.17) is 4.74 Å². The molecule has 0 spiro atoms. The number of rotatable bonds is 4. The molecule has 2 unspecified atom stereocenters. The van der Waals surface area contributed by atoms with Gasteiger partial charge < -0.3 is 9.84 Å². The molecule has 2 heteroatoms. The molecule has 0 bridgehead atoms. The Morgan fingerprint density at radius 3 is 2.62 bits per heavy atom. The van der Waals surface area contributed by atoms with Crippen molar-refractivity contribution in [3.05, 3.63) is 35.4 Å². The highest BCUT2D eigenvalue weighted by atomic mass is 16.5. The van der Waals surface area contributed by atoms with Crippen LogP contribution >= 0.6 is 0 Å². The van der Waals surface area contributed by atoms with Gasteiger partial charge in [0.05, 0.1) is 0 Å². The first-order chi connectivity index (χ1) is 9.76. The number of phenolic OH excluding ortho intramolecular Hbond substituents is 1. The zero-order valence-electron chi connectivity index (χ0n) is 14.0. The molecule has 1 heterocycles. The van der Waals surface area contributed by atoms with Crippen molar-refractivity contribution in [2.45, 2.75) is 65.4 Å². The number of benzene rings is 1. The monoisotopic (exact) mass is 288 g/mol. The summed E-state index contributed by atoms with van der Waals surface area (Å²) in [6.45, 7) is 14.7. The minimum Gasteiger partial charge on any atom is -0.508 e. The topological polar surface area (TPSA) is 29.5 Å². The van der Waals surface area contributed by atoms with Gasteiger partial charge in [0.2, 0.25) is 0 Å². The molecule has 2 rings (SSSR count). The molecule has 0 aliphatic carbocycles. The van der Waals surface area contributed by atoms with Gasteiger partial charge in [0.1, 0.15) is 17.1 Å². The summed E-state index contributed by atoms with van der Waals surface area (Å²) in [6, 6.07) is 4.01. The van der Waals surface area contributed by atoms with Crippen molar-refractivity contribution in [2.24, 2.45) is 5.92 Å². The average Bonchev–Trinajstić information content (AvgIpc) is 2.34. The molecule has 0 amide bonds. The first kappa shape index (κ1) is 15.9. The third-order valence-corrected chi connectivity index (χ3v) is 4.73. The highest BCUT2D eigenvalue weighted by molar-refractivity contribution is 5.52. The number of hydrogen-bond donors (Lipinski definition) is 1. The Balaban J connectivity index is 2.53. The molecule has 0 radical (unpaired) electrons. The standard InChI is InChI=1S/C19H28O2/c1-7-8-14-10-16(20)18-15(9-12(2)3)13(4)19(5,6)21-17(18)11-14/h10-11,13,15,20H,2,7-9H2,1,3-6H3. The third-order valence-electron chi connectivity index (χ3n) is 4.73. The molecule has 0 saturated heterocycles. The molecule has 2 atom stereocenters. The number of ether oxygens (including phenoxy) is 1. The quantitative estimate of drug-likeness (QED) is 0.771. The summed E-state index contributed by atoms with van der Waals surface area (Å²) in [5.74, 6) is 1.82. The summed E-state index contributed by atoms with van der Waals surface area (Å²) in [4.78, 5) is 0. The van der Waals surface area contributed by atoms with Gasteiger partial charge in [-0.05, 0) is 51.3 Å². The van der Waals surface area contributed by atoms with Gasteiger partial charge in [-0.1, -0.05) is 25.8 Å². The molecule has 21 heavy (non-hydrogen) atoms. The number of phenols is 1. The lowest BCUT2D eigenvalue weighted by Gasteiger charge is -2.44. The maximum atomic E-state index is 10.5. The van der Waals surface area contributed by atoms with Gasteiger partial charge in [-0.15, -0.1) is 6.58 Å². The predicted octanol–water partition coefficient (Wildman–Crippen LogP) is 5.20. The van der Waals surface area contributed by atoms with Crippen molar-refractivity contribution >= 4 is 0 Å². The second kappa shape index (κ2) is 5.75. The van der Waals surface area contributed by atoms with Crippen molar-refractivity contribution in [3.63, 3.8) is 0 Å². The smallest absolute Gasteiger partial charge is 0.127 e. The zero-order chi connectivity index (χ0) is 15.8. The molecule has 1 aromatic rings. The summed E-state index contributed by atoms with van der Waals surface area (Å²) in [5.41, 5.74) is 3.02. The summed E-state index contributed by atoms with van der Waals surface area (Å²) < 4.78 is 6.22. The molecule has 0 saturated carbocycles. The second-order valence-corrected chi connectivity index (χ2v) is 7.04. The van der Waals surface area contributed by atoms with Gasteiger partial charge in [-0.3, -0.25) is 0 Å². The van der Waals surface area contributed by atoms with Gasteiger partial charge in [-0.2, -0.15) is 0 Å². The van der Waals surface area contributed by atoms with Crippen LogP contribution in [-0.2, 0) is 6.42 Å². The van der Waals surface area contributed by atoms with Crippen LogP contribution in [0.15, 0.2) is 24.3 Å². The molecule has 1 aromatic carbocycles. The Hall–Kier alpha value is -1.44. The number of allylic oxidation sites excluding steroid dienone is 1. The van der Waals surface area contributed by atoms with Crippen LogP contribution in [0.2, 0.25) is 0 Å². The second-order valence-electron chi connectivity index (χ2n) is 7.04. The Labute approximate surface area is 128 Å². The van der Waals surface area contributed by atoms with Crippen LogP contribution in [0.4, 0.5) is 0 Å². The fourth-order valence-corrected chi connectivity index (χ4v) is 3.32. The van der Waals surface area contributed by atoms with E-state index in [2.05, 4.69) is 47.3 Å². The van der Waals surface area contributed by atoms with Crippen LogP contribution in [-0.4, -0.2) is 10.7 Å². The van der Waals surface area contributed by atoms with E-state index in [0.29, 0.717) is 11.7 Å². The maximum Gasteiger partial charge on any atom is 0.127 e. The van der Waals surface area contributed by atoms with E-state index in [1.165, 1.54) is 0 Å². The van der Waals surface area contributed by atoms with Gasteiger partial charge in [0, 0.05) is 17.4 Å². The highest BCUT2D eigenvalue weighted by Crippen LogP contribution is 2.51. The van der Waals surface area contributed by atoms with Gasteiger partial charge in [0.25, 0.3) is 0 Å². The molecular weight excluding hydrogens is 260 g/mol. The average molecular weight is 288 g/mol. The molecule has 0 fully saturated rings. The van der Waals surface area contributed by atoms with Crippen molar-refractivity contribution < 1.29 is 9.84 Å². The van der Waals surface area contributed by atoms with Crippen LogP contribution in [0.1, 0.15) is 64.5 Å². The van der Waals surface area contributed by atoms with Crippen LogP contribution in [0.25, 0.3) is 0 Å². The van der Waals surface area contributed by atoms with Crippen molar-refractivity contribution in [1.29, 1.82) is 0 Å². The van der Waals surface area contributed by atoms with Crippen molar-refractivity contribution in [1.82, 2.24) is 0 Å². The fourth-order valence-electron chi connectivity index (χ4n) is 3.32. The number of aryl methyl sites for hydroxylation is 1. The minimum absolute atomic E-state index is 0.232. The van der Waals surface area contributed by atoms with E-state index in [-0.39, 0.29) is 11.5 Å². The van der Waals surface area contributed by atoms with E-state index in [9.17, 15) is 5.11 Å². The Kier molecular flexibility index (Phi) is 4.36. The van der Waals surface area contributed by atoms with Gasteiger partial charge in [0.15, 0.2) is 0 Å². The summed E-state index contributed by atoms with van der Waals surface area (Å²) in [5, 5.41) is 10.5. The lowest BCUT2D eigenvalue weighted by molar-refractivity contribution is 0.0178. The van der Waals surface area contributed by atoms with Crippen molar-refractivity contribution in [2.75, 3.05) is 0 Å². The van der Waals surface area contributed by atoms with Crippen LogP contribution in [0.3, 0.4) is 0 Å². The molecular formula is C19H28O2. The summed E-state index contributed by atoms with van der Waals surface area (Å²) in [6.07, 6.45) is 2.92.